The molecule has 0 amide bonds. The number of aromatic nitrogens is 2. The van der Waals surface area contributed by atoms with Gasteiger partial charge in [-0.2, -0.15) is 0 Å². The number of thiophene rings is 1. The van der Waals surface area contributed by atoms with E-state index in [-0.39, 0.29) is 0 Å². The molecule has 0 aliphatic rings. The van der Waals surface area contributed by atoms with Crippen LogP contribution in [0, 0.1) is 0 Å². The second-order valence-corrected chi connectivity index (χ2v) is 14.8. The standard InChI is InChI=1S/C52H34N2S/c1-4-16-35(17-5-1)38-22-14-23-39(30-38)52-53-48(34-49(54-52)45-25-11-10-24-43(45)37-20-8-3-9-21-37)42-32-40(36-18-6-2-7-19-36)31-41(33-42)44-27-15-28-47-46-26-12-13-29-50(46)55-51(44)47/h1-34H. The van der Waals surface area contributed by atoms with Gasteiger partial charge >= 0.3 is 0 Å². The van der Waals surface area contributed by atoms with Gasteiger partial charge in [-0.3, -0.25) is 0 Å². The second kappa shape index (κ2) is 14.1. The molecule has 55 heavy (non-hydrogen) atoms. The minimum Gasteiger partial charge on any atom is -0.228 e. The van der Waals surface area contributed by atoms with Gasteiger partial charge < -0.3 is 0 Å². The average molecular weight is 719 g/mol. The number of hydrogen-bond donors (Lipinski definition) is 0. The fraction of sp³-hybridized carbons (Fsp3) is 0. The van der Waals surface area contributed by atoms with Crippen molar-refractivity contribution in [3.8, 4) is 78.4 Å². The van der Waals surface area contributed by atoms with Crippen LogP contribution in [0.25, 0.3) is 98.6 Å². The highest BCUT2D eigenvalue weighted by molar-refractivity contribution is 7.26. The molecule has 0 spiro atoms. The first-order chi connectivity index (χ1) is 27.2. The summed E-state index contributed by atoms with van der Waals surface area (Å²) in [5.74, 6) is 0.686. The molecule has 0 bridgehead atoms. The molecular formula is C52H34N2S. The van der Waals surface area contributed by atoms with Gasteiger partial charge in [-0.15, -0.1) is 11.3 Å². The number of benzene rings is 8. The number of fused-ring (bicyclic) bond motifs is 3. The Morgan fingerprint density at radius 2 is 0.800 bits per heavy atom. The summed E-state index contributed by atoms with van der Waals surface area (Å²) < 4.78 is 2.59. The van der Waals surface area contributed by atoms with Crippen molar-refractivity contribution >= 4 is 31.5 Å². The van der Waals surface area contributed by atoms with Gasteiger partial charge in [0.2, 0.25) is 0 Å². The normalized spacial score (nSPS) is 11.3. The van der Waals surface area contributed by atoms with Crippen LogP contribution in [0.3, 0.4) is 0 Å². The van der Waals surface area contributed by atoms with Crippen LogP contribution in [0.1, 0.15) is 0 Å². The number of nitrogens with zero attached hydrogens (tertiary/aromatic N) is 2. The first kappa shape index (κ1) is 32.7. The van der Waals surface area contributed by atoms with Gasteiger partial charge in [0.05, 0.1) is 11.4 Å². The first-order valence-corrected chi connectivity index (χ1v) is 19.4. The van der Waals surface area contributed by atoms with Crippen LogP contribution < -0.4 is 0 Å². The molecule has 8 aromatic carbocycles. The third-order valence-electron chi connectivity index (χ3n) is 10.3. The molecular weight excluding hydrogens is 685 g/mol. The SMILES string of the molecule is c1ccc(-c2cccc(-c3nc(-c4cc(-c5ccccc5)cc(-c5cccc6c5sc5ccccc56)c4)cc(-c4ccccc4-c4ccccc4)n3)c2)cc1. The van der Waals surface area contributed by atoms with Crippen molar-refractivity contribution in [3.63, 3.8) is 0 Å². The van der Waals surface area contributed by atoms with Gasteiger partial charge in [0, 0.05) is 36.9 Å². The van der Waals surface area contributed by atoms with Crippen LogP contribution in [0.2, 0.25) is 0 Å². The predicted molar refractivity (Wildman–Crippen MR) is 233 cm³/mol. The van der Waals surface area contributed by atoms with E-state index in [0.29, 0.717) is 5.82 Å². The lowest BCUT2D eigenvalue weighted by Crippen LogP contribution is -1.98. The lowest BCUT2D eigenvalue weighted by molar-refractivity contribution is 1.18. The molecule has 10 rings (SSSR count). The van der Waals surface area contributed by atoms with E-state index in [1.807, 2.05) is 11.3 Å². The molecule has 2 nitrogen and oxygen atoms in total. The maximum Gasteiger partial charge on any atom is 0.160 e. The Morgan fingerprint density at radius 3 is 1.58 bits per heavy atom. The highest BCUT2D eigenvalue weighted by Crippen LogP contribution is 2.42. The summed E-state index contributed by atoms with van der Waals surface area (Å²) in [4.78, 5) is 10.7. The summed E-state index contributed by atoms with van der Waals surface area (Å²) in [7, 11) is 0. The fourth-order valence-corrected chi connectivity index (χ4v) is 8.85. The Balaban J connectivity index is 1.22. The quantitative estimate of drug-likeness (QED) is 0.164. The zero-order valence-electron chi connectivity index (χ0n) is 29.9. The van der Waals surface area contributed by atoms with E-state index in [4.69, 9.17) is 9.97 Å². The monoisotopic (exact) mass is 718 g/mol. The van der Waals surface area contributed by atoms with Gasteiger partial charge in [0.1, 0.15) is 0 Å². The summed E-state index contributed by atoms with van der Waals surface area (Å²) in [5, 5.41) is 2.58. The summed E-state index contributed by atoms with van der Waals surface area (Å²) in [6.07, 6.45) is 0. The second-order valence-electron chi connectivity index (χ2n) is 13.8. The van der Waals surface area contributed by atoms with E-state index >= 15 is 0 Å². The average Bonchev–Trinajstić information content (AvgIpc) is 3.66. The molecule has 0 radical (unpaired) electrons. The predicted octanol–water partition coefficient (Wildman–Crippen LogP) is 14.5. The van der Waals surface area contributed by atoms with Crippen molar-refractivity contribution in [2.24, 2.45) is 0 Å². The lowest BCUT2D eigenvalue weighted by Gasteiger charge is -2.15. The van der Waals surface area contributed by atoms with Crippen LogP contribution in [0.4, 0.5) is 0 Å². The topological polar surface area (TPSA) is 25.8 Å². The van der Waals surface area contributed by atoms with Crippen LogP contribution >= 0.6 is 11.3 Å². The highest BCUT2D eigenvalue weighted by Gasteiger charge is 2.18. The maximum atomic E-state index is 5.39. The third-order valence-corrected chi connectivity index (χ3v) is 11.5. The Morgan fingerprint density at radius 1 is 0.291 bits per heavy atom. The Hall–Kier alpha value is -6.94. The summed E-state index contributed by atoms with van der Waals surface area (Å²) >= 11 is 1.86. The van der Waals surface area contributed by atoms with E-state index in [1.165, 1.54) is 25.7 Å². The first-order valence-electron chi connectivity index (χ1n) is 18.6. The summed E-state index contributed by atoms with van der Waals surface area (Å²) in [5.41, 5.74) is 14.1. The molecule has 2 aromatic heterocycles. The zero-order valence-corrected chi connectivity index (χ0v) is 30.7. The van der Waals surface area contributed by atoms with Crippen molar-refractivity contribution in [1.29, 1.82) is 0 Å². The van der Waals surface area contributed by atoms with Gasteiger partial charge in [-0.1, -0.05) is 170 Å². The molecule has 258 valence electrons. The number of hydrogen-bond acceptors (Lipinski definition) is 3. The van der Waals surface area contributed by atoms with E-state index < -0.39 is 0 Å². The Kier molecular flexibility index (Phi) is 8.40. The summed E-state index contributed by atoms with van der Waals surface area (Å²) in [6.45, 7) is 0. The fourth-order valence-electron chi connectivity index (χ4n) is 7.61. The lowest BCUT2D eigenvalue weighted by atomic mass is 9.93. The van der Waals surface area contributed by atoms with Gasteiger partial charge in [-0.25, -0.2) is 9.97 Å². The molecule has 0 N–H and O–H groups in total. The largest absolute Gasteiger partial charge is 0.228 e. The van der Waals surface area contributed by atoms with Crippen molar-refractivity contribution in [3.05, 3.63) is 206 Å². The van der Waals surface area contributed by atoms with Crippen LogP contribution in [0.15, 0.2) is 206 Å². The maximum absolute atomic E-state index is 5.39. The van der Waals surface area contributed by atoms with Crippen molar-refractivity contribution in [2.75, 3.05) is 0 Å². The van der Waals surface area contributed by atoms with Crippen LogP contribution in [-0.2, 0) is 0 Å². The van der Waals surface area contributed by atoms with E-state index in [2.05, 4.69) is 206 Å². The molecule has 10 aromatic rings. The molecule has 2 heterocycles. The van der Waals surface area contributed by atoms with E-state index in [1.54, 1.807) is 0 Å². The Labute approximate surface area is 324 Å². The van der Waals surface area contributed by atoms with Crippen LogP contribution in [-0.4, -0.2) is 9.97 Å². The molecule has 0 atom stereocenters. The van der Waals surface area contributed by atoms with Crippen molar-refractivity contribution in [2.45, 2.75) is 0 Å². The smallest absolute Gasteiger partial charge is 0.160 e. The third kappa shape index (κ3) is 6.31. The molecule has 0 unspecified atom stereocenters. The van der Waals surface area contributed by atoms with E-state index in [0.717, 1.165) is 67.0 Å². The van der Waals surface area contributed by atoms with Crippen molar-refractivity contribution in [1.82, 2.24) is 9.97 Å². The van der Waals surface area contributed by atoms with Crippen LogP contribution in [0.5, 0.6) is 0 Å². The van der Waals surface area contributed by atoms with Crippen molar-refractivity contribution < 1.29 is 0 Å². The summed E-state index contributed by atoms with van der Waals surface area (Å²) in [6, 6.07) is 73.3. The Bertz CT molecular complexity index is 2970. The molecule has 0 fully saturated rings. The molecule has 0 saturated carbocycles. The van der Waals surface area contributed by atoms with Gasteiger partial charge in [0.25, 0.3) is 0 Å². The zero-order chi connectivity index (χ0) is 36.6. The molecule has 0 aliphatic carbocycles. The highest BCUT2D eigenvalue weighted by atomic mass is 32.1. The molecule has 0 aliphatic heterocycles. The minimum absolute atomic E-state index is 0.686. The van der Waals surface area contributed by atoms with E-state index in [9.17, 15) is 0 Å². The van der Waals surface area contributed by atoms with Gasteiger partial charge in [0.15, 0.2) is 5.82 Å². The molecule has 0 saturated heterocycles. The van der Waals surface area contributed by atoms with Gasteiger partial charge in [-0.05, 0) is 80.9 Å². The number of rotatable bonds is 7. The minimum atomic E-state index is 0.686. The molecule has 3 heteroatoms.